The Morgan fingerprint density at radius 1 is 1.23 bits per heavy atom. The number of morpholine rings is 1. The topological polar surface area (TPSA) is 102 Å². The van der Waals surface area contributed by atoms with Crippen molar-refractivity contribution >= 4 is 21.9 Å². The Morgan fingerprint density at radius 3 is 2.46 bits per heavy atom. The Hall–Kier alpha value is -2.04. The highest BCUT2D eigenvalue weighted by atomic mass is 32.2. The molecule has 1 amide bonds. The molecule has 26 heavy (non-hydrogen) atoms. The third-order valence-corrected chi connectivity index (χ3v) is 5.35. The van der Waals surface area contributed by atoms with Crippen molar-refractivity contribution in [1.82, 2.24) is 9.62 Å². The number of esters is 1. The van der Waals surface area contributed by atoms with Gasteiger partial charge in [-0.2, -0.15) is 4.72 Å². The van der Waals surface area contributed by atoms with Crippen LogP contribution in [0.25, 0.3) is 0 Å². The van der Waals surface area contributed by atoms with E-state index in [1.165, 1.54) is 30.9 Å². The molecule has 1 fully saturated rings. The summed E-state index contributed by atoms with van der Waals surface area (Å²) in [4.78, 5) is 25.2. The fraction of sp³-hybridized carbons (Fsp3) is 0.500. The van der Waals surface area contributed by atoms with Crippen LogP contribution < -0.4 is 4.72 Å². The molecule has 1 N–H and O–H groups in total. The predicted molar refractivity (Wildman–Crippen MR) is 89.1 cm³/mol. The molecule has 1 aromatic rings. The first-order valence-corrected chi connectivity index (χ1v) is 9.54. The number of carbonyl (C=O) groups excluding carboxylic acids is 2. The average molecular weight is 388 g/mol. The second-order valence-corrected chi connectivity index (χ2v) is 7.47. The number of hydrogen-bond donors (Lipinski definition) is 1. The first kappa shape index (κ1) is 20.3. The van der Waals surface area contributed by atoms with Crippen molar-refractivity contribution in [2.45, 2.75) is 30.9 Å². The number of halogens is 1. The molecule has 0 aliphatic carbocycles. The average Bonchev–Trinajstić information content (AvgIpc) is 2.61. The van der Waals surface area contributed by atoms with Crippen LogP contribution in [0.1, 0.15) is 13.8 Å². The lowest BCUT2D eigenvalue weighted by Crippen LogP contribution is -2.48. The number of carbonyl (C=O) groups is 2. The van der Waals surface area contributed by atoms with E-state index in [-0.39, 0.29) is 5.91 Å². The van der Waals surface area contributed by atoms with Crippen LogP contribution in [0.4, 0.5) is 4.39 Å². The van der Waals surface area contributed by atoms with Gasteiger partial charge in [0.25, 0.3) is 5.91 Å². The second kappa shape index (κ2) is 8.56. The monoisotopic (exact) mass is 388 g/mol. The van der Waals surface area contributed by atoms with E-state index in [4.69, 9.17) is 9.47 Å². The summed E-state index contributed by atoms with van der Waals surface area (Å²) in [5, 5.41) is 0. The zero-order chi connectivity index (χ0) is 19.3. The van der Waals surface area contributed by atoms with Crippen LogP contribution in [0.2, 0.25) is 0 Å². The molecule has 0 saturated carbocycles. The maximum Gasteiger partial charge on any atom is 0.324 e. The third kappa shape index (κ3) is 4.99. The summed E-state index contributed by atoms with van der Waals surface area (Å²) in [5.41, 5.74) is 0. The summed E-state index contributed by atoms with van der Waals surface area (Å²) >= 11 is 0. The van der Waals surface area contributed by atoms with Crippen LogP contribution in [0.15, 0.2) is 29.2 Å². The Bertz CT molecular complexity index is 764. The van der Waals surface area contributed by atoms with E-state index in [1.807, 2.05) is 4.72 Å². The number of hydrogen-bond acceptors (Lipinski definition) is 6. The van der Waals surface area contributed by atoms with Crippen LogP contribution in [-0.4, -0.2) is 63.6 Å². The molecule has 8 nitrogen and oxygen atoms in total. The first-order valence-electron chi connectivity index (χ1n) is 8.06. The highest BCUT2D eigenvalue weighted by Gasteiger charge is 2.29. The van der Waals surface area contributed by atoms with Crippen LogP contribution in [0.5, 0.6) is 0 Å². The van der Waals surface area contributed by atoms with Crippen molar-refractivity contribution in [2.24, 2.45) is 0 Å². The summed E-state index contributed by atoms with van der Waals surface area (Å²) in [6, 6.07) is 3.51. The molecule has 1 aromatic carbocycles. The number of rotatable bonds is 6. The minimum Gasteiger partial charge on any atom is -0.451 e. The molecule has 0 bridgehead atoms. The van der Waals surface area contributed by atoms with Crippen LogP contribution in [0.3, 0.4) is 0 Å². The van der Waals surface area contributed by atoms with Crippen LogP contribution in [0, 0.1) is 5.82 Å². The summed E-state index contributed by atoms with van der Waals surface area (Å²) < 4.78 is 50.3. The lowest BCUT2D eigenvalue weighted by molar-refractivity contribution is -0.161. The second-order valence-electron chi connectivity index (χ2n) is 5.79. The molecule has 1 saturated heterocycles. The minimum atomic E-state index is -4.25. The van der Waals surface area contributed by atoms with Gasteiger partial charge in [-0.05, 0) is 26.0 Å². The van der Waals surface area contributed by atoms with Gasteiger partial charge < -0.3 is 14.4 Å². The van der Waals surface area contributed by atoms with Gasteiger partial charge in [0, 0.05) is 13.1 Å². The van der Waals surface area contributed by atoms with E-state index in [0.717, 1.165) is 12.1 Å². The molecule has 144 valence electrons. The van der Waals surface area contributed by atoms with Crippen molar-refractivity contribution in [1.29, 1.82) is 0 Å². The van der Waals surface area contributed by atoms with E-state index in [9.17, 15) is 22.4 Å². The van der Waals surface area contributed by atoms with Gasteiger partial charge in [-0.3, -0.25) is 9.59 Å². The smallest absolute Gasteiger partial charge is 0.324 e. The Kier molecular flexibility index (Phi) is 6.68. The SMILES string of the molecule is CC(NS(=O)(=O)c1ccccc1F)C(=O)OC(C)C(=O)N1CCOCC1. The normalized spacial score (nSPS) is 17.4. The molecular weight excluding hydrogens is 367 g/mol. The third-order valence-electron chi connectivity index (χ3n) is 3.78. The van der Waals surface area contributed by atoms with Crippen molar-refractivity contribution in [2.75, 3.05) is 26.3 Å². The predicted octanol–water partition coefficient (Wildman–Crippen LogP) is 0.283. The summed E-state index contributed by atoms with van der Waals surface area (Å²) in [6.07, 6.45) is -1.07. The van der Waals surface area contributed by atoms with Gasteiger partial charge in [0.1, 0.15) is 16.8 Å². The van der Waals surface area contributed by atoms with E-state index >= 15 is 0 Å². The van der Waals surface area contributed by atoms with Gasteiger partial charge in [0.15, 0.2) is 6.10 Å². The molecule has 2 atom stereocenters. The van der Waals surface area contributed by atoms with Crippen molar-refractivity contribution in [3.63, 3.8) is 0 Å². The molecule has 2 rings (SSSR count). The van der Waals surface area contributed by atoms with Crippen molar-refractivity contribution < 1.29 is 31.9 Å². The lowest BCUT2D eigenvalue weighted by Gasteiger charge is -2.29. The first-order chi connectivity index (χ1) is 12.2. The molecule has 1 aliphatic rings. The van der Waals surface area contributed by atoms with Gasteiger partial charge >= 0.3 is 5.97 Å². The van der Waals surface area contributed by atoms with Crippen LogP contribution >= 0.6 is 0 Å². The molecule has 0 radical (unpaired) electrons. The molecule has 10 heteroatoms. The van der Waals surface area contributed by atoms with Crippen molar-refractivity contribution in [3.05, 3.63) is 30.1 Å². The van der Waals surface area contributed by atoms with E-state index in [2.05, 4.69) is 0 Å². The maximum atomic E-state index is 13.7. The zero-order valence-corrected chi connectivity index (χ0v) is 15.3. The standard InChI is InChI=1S/C16H21FN2O6S/c1-11(18-26(22,23)14-6-4-3-5-13(14)17)16(21)25-12(2)15(20)19-7-9-24-10-8-19/h3-6,11-12,18H,7-10H2,1-2H3. The number of nitrogens with one attached hydrogen (secondary N) is 1. The fourth-order valence-corrected chi connectivity index (χ4v) is 3.65. The number of ether oxygens (including phenoxy) is 2. The number of sulfonamides is 1. The zero-order valence-electron chi connectivity index (χ0n) is 14.5. The van der Waals surface area contributed by atoms with E-state index in [1.54, 1.807) is 0 Å². The molecule has 2 unspecified atom stereocenters. The molecule has 1 aliphatic heterocycles. The summed E-state index contributed by atoms with van der Waals surface area (Å²) in [5.74, 6) is -2.25. The van der Waals surface area contributed by atoms with Gasteiger partial charge in [0.05, 0.1) is 13.2 Å². The fourth-order valence-electron chi connectivity index (χ4n) is 2.37. The highest BCUT2D eigenvalue weighted by molar-refractivity contribution is 7.89. The van der Waals surface area contributed by atoms with Crippen LogP contribution in [-0.2, 0) is 29.1 Å². The maximum absolute atomic E-state index is 13.7. The van der Waals surface area contributed by atoms with E-state index < -0.39 is 38.9 Å². The van der Waals surface area contributed by atoms with Gasteiger partial charge in [-0.1, -0.05) is 12.1 Å². The Morgan fingerprint density at radius 2 is 1.85 bits per heavy atom. The summed E-state index contributed by atoms with van der Waals surface area (Å²) in [7, 11) is -4.25. The molecule has 1 heterocycles. The number of benzene rings is 1. The van der Waals surface area contributed by atoms with Gasteiger partial charge in [-0.15, -0.1) is 0 Å². The quantitative estimate of drug-likeness (QED) is 0.703. The lowest BCUT2D eigenvalue weighted by atomic mass is 10.3. The largest absolute Gasteiger partial charge is 0.451 e. The van der Waals surface area contributed by atoms with E-state index in [0.29, 0.717) is 26.3 Å². The van der Waals surface area contributed by atoms with Gasteiger partial charge in [-0.25, -0.2) is 12.8 Å². The molecule has 0 aromatic heterocycles. The number of nitrogens with zero attached hydrogens (tertiary/aromatic N) is 1. The van der Waals surface area contributed by atoms with Gasteiger partial charge in [0.2, 0.25) is 10.0 Å². The summed E-state index contributed by atoms with van der Waals surface area (Å²) in [6.45, 7) is 4.28. The van der Waals surface area contributed by atoms with Crippen molar-refractivity contribution in [3.8, 4) is 0 Å². The number of amides is 1. The minimum absolute atomic E-state index is 0.384. The highest BCUT2D eigenvalue weighted by Crippen LogP contribution is 2.14. The molecule has 0 spiro atoms. The molecular formula is C16H21FN2O6S. The Balaban J connectivity index is 1.96. The Labute approximate surface area is 151 Å².